The Kier molecular flexibility index (Phi) is 14.9. The zero-order valence-corrected chi connectivity index (χ0v) is 21.9. The van der Waals surface area contributed by atoms with Crippen LogP contribution in [0.5, 0.6) is 0 Å². The molecule has 1 aliphatic heterocycles. The van der Waals surface area contributed by atoms with Gasteiger partial charge in [-0.25, -0.2) is 4.79 Å². The normalized spacial score (nSPS) is 18.2. The van der Waals surface area contributed by atoms with Gasteiger partial charge in [0, 0.05) is 12.3 Å². The van der Waals surface area contributed by atoms with Gasteiger partial charge in [-0.15, -0.1) is 11.8 Å². The van der Waals surface area contributed by atoms with Crippen LogP contribution in [0.4, 0.5) is 0 Å². The molecule has 34 heavy (non-hydrogen) atoms. The number of carboxylic acids is 1. The van der Waals surface area contributed by atoms with Gasteiger partial charge in [0.05, 0.1) is 19.3 Å². The monoisotopic (exact) mass is 502 g/mol. The molecule has 4 atom stereocenters. The minimum atomic E-state index is -1.02. The predicted octanol–water partition coefficient (Wildman–Crippen LogP) is 3.00. The van der Waals surface area contributed by atoms with E-state index in [-0.39, 0.29) is 30.8 Å². The summed E-state index contributed by atoms with van der Waals surface area (Å²) in [6, 6.07) is -2.43. The number of rotatable bonds is 17. The number of carbonyl (C=O) groups excluding carboxylic acids is 3. The van der Waals surface area contributed by atoms with Crippen molar-refractivity contribution in [3.05, 3.63) is 0 Å². The minimum Gasteiger partial charge on any atom is -0.480 e. The zero-order valence-electron chi connectivity index (χ0n) is 21.0. The van der Waals surface area contributed by atoms with Crippen molar-refractivity contribution in [3.8, 4) is 0 Å². The average Bonchev–Trinajstić information content (AvgIpc) is 3.29. The molecule has 0 spiro atoms. The van der Waals surface area contributed by atoms with Crippen LogP contribution in [0.25, 0.3) is 0 Å². The Labute approximate surface area is 207 Å². The third-order valence-corrected chi connectivity index (χ3v) is 7.15. The maximum Gasteiger partial charge on any atom is 0.326 e. The quantitative estimate of drug-likeness (QED) is 0.228. The molecule has 1 heterocycles. The molecule has 0 aromatic carbocycles. The second kappa shape index (κ2) is 16.8. The molecule has 10 heteroatoms. The summed E-state index contributed by atoms with van der Waals surface area (Å²) in [5.74, 6) is -1.95. The summed E-state index contributed by atoms with van der Waals surface area (Å²) in [5, 5.41) is 12.0. The van der Waals surface area contributed by atoms with E-state index in [1.807, 2.05) is 0 Å². The molecule has 0 aromatic heterocycles. The lowest BCUT2D eigenvalue weighted by Gasteiger charge is -2.28. The molecular formula is C24H42N2O7S. The van der Waals surface area contributed by atoms with Crippen molar-refractivity contribution < 1.29 is 33.8 Å². The first kappa shape index (κ1) is 30.2. The largest absolute Gasteiger partial charge is 0.480 e. The molecule has 2 unspecified atom stereocenters. The van der Waals surface area contributed by atoms with E-state index in [4.69, 9.17) is 9.47 Å². The van der Waals surface area contributed by atoms with Crippen LogP contribution in [-0.2, 0) is 28.7 Å². The topological polar surface area (TPSA) is 122 Å². The summed E-state index contributed by atoms with van der Waals surface area (Å²) in [7, 11) is 0. The van der Waals surface area contributed by atoms with Gasteiger partial charge in [-0.3, -0.25) is 19.7 Å². The average molecular weight is 503 g/mol. The van der Waals surface area contributed by atoms with E-state index in [1.54, 1.807) is 20.8 Å². The number of carbonyl (C=O) groups is 4. The Bertz CT molecular complexity index is 661. The lowest BCUT2D eigenvalue weighted by Crippen LogP contribution is -2.54. The molecule has 0 aromatic rings. The summed E-state index contributed by atoms with van der Waals surface area (Å²) >= 11 is 1.33. The number of hydrogen-bond acceptors (Lipinski definition) is 8. The highest BCUT2D eigenvalue weighted by molar-refractivity contribution is 8.00. The lowest BCUT2D eigenvalue weighted by atomic mass is 10.1. The van der Waals surface area contributed by atoms with Crippen LogP contribution in [-0.4, -0.2) is 82.7 Å². The van der Waals surface area contributed by atoms with Gasteiger partial charge in [0.15, 0.2) is 0 Å². The molecule has 0 saturated carbocycles. The number of unbranched alkanes of at least 4 members (excludes halogenated alkanes) is 4. The number of likely N-dealkylation sites (tertiary alicyclic amines) is 1. The molecule has 0 bridgehead atoms. The van der Waals surface area contributed by atoms with Gasteiger partial charge in [-0.1, -0.05) is 39.0 Å². The minimum absolute atomic E-state index is 0.190. The lowest BCUT2D eigenvalue weighted by molar-refractivity contribution is -0.150. The van der Waals surface area contributed by atoms with Gasteiger partial charge in [0.1, 0.15) is 17.3 Å². The number of nitrogens with one attached hydrogen (secondary N) is 1. The third kappa shape index (κ3) is 10.2. The SMILES string of the molecule is CCCCCCCC(SC[C@H](NC(C)C(=O)N1CCC[C@H]1C(=O)O)C(=O)OCC)C(=O)OCC. The first-order chi connectivity index (χ1) is 16.3. The Morgan fingerprint density at radius 1 is 1.03 bits per heavy atom. The van der Waals surface area contributed by atoms with E-state index in [9.17, 15) is 24.3 Å². The van der Waals surface area contributed by atoms with Gasteiger partial charge in [0.25, 0.3) is 0 Å². The number of nitrogens with zero attached hydrogens (tertiary/aromatic N) is 1. The highest BCUT2D eigenvalue weighted by Gasteiger charge is 2.37. The zero-order chi connectivity index (χ0) is 25.5. The van der Waals surface area contributed by atoms with Gasteiger partial charge in [-0.05, 0) is 40.0 Å². The van der Waals surface area contributed by atoms with E-state index in [0.29, 0.717) is 25.8 Å². The Hall–Kier alpha value is -1.81. The van der Waals surface area contributed by atoms with Gasteiger partial charge < -0.3 is 19.5 Å². The second-order valence-corrected chi connectivity index (χ2v) is 9.73. The Morgan fingerprint density at radius 3 is 2.29 bits per heavy atom. The number of hydrogen-bond donors (Lipinski definition) is 2. The van der Waals surface area contributed by atoms with Crippen molar-refractivity contribution in [1.29, 1.82) is 0 Å². The highest BCUT2D eigenvalue weighted by Crippen LogP contribution is 2.23. The number of esters is 2. The van der Waals surface area contributed by atoms with Gasteiger partial charge >= 0.3 is 17.9 Å². The first-order valence-corrected chi connectivity index (χ1v) is 13.6. The fourth-order valence-electron chi connectivity index (χ4n) is 3.99. The maximum atomic E-state index is 12.9. The van der Waals surface area contributed by atoms with E-state index in [1.165, 1.54) is 16.7 Å². The number of ether oxygens (including phenoxy) is 2. The molecule has 0 radical (unpaired) electrons. The molecule has 9 nitrogen and oxygen atoms in total. The Balaban J connectivity index is 2.80. The smallest absolute Gasteiger partial charge is 0.326 e. The summed E-state index contributed by atoms with van der Waals surface area (Å²) in [6.07, 6.45) is 7.07. The molecule has 0 aliphatic carbocycles. The van der Waals surface area contributed by atoms with Crippen LogP contribution in [0.15, 0.2) is 0 Å². The van der Waals surface area contributed by atoms with Crippen LogP contribution in [0, 0.1) is 0 Å². The molecule has 2 N–H and O–H groups in total. The van der Waals surface area contributed by atoms with Crippen LogP contribution in [0.2, 0.25) is 0 Å². The molecule has 1 fully saturated rings. The highest BCUT2D eigenvalue weighted by atomic mass is 32.2. The van der Waals surface area contributed by atoms with E-state index < -0.39 is 35.3 Å². The number of aliphatic carboxylic acids is 1. The Morgan fingerprint density at radius 2 is 1.68 bits per heavy atom. The fourth-order valence-corrected chi connectivity index (χ4v) is 5.18. The molecule has 1 rings (SSSR count). The van der Waals surface area contributed by atoms with Crippen molar-refractivity contribution in [2.75, 3.05) is 25.5 Å². The van der Waals surface area contributed by atoms with Crippen LogP contribution in [0.3, 0.4) is 0 Å². The number of thioether (sulfide) groups is 1. The van der Waals surface area contributed by atoms with Crippen molar-refractivity contribution in [2.45, 2.75) is 102 Å². The van der Waals surface area contributed by atoms with E-state index in [0.717, 1.165) is 32.1 Å². The molecule has 1 aliphatic rings. The molecule has 1 saturated heterocycles. The first-order valence-electron chi connectivity index (χ1n) is 12.5. The van der Waals surface area contributed by atoms with Gasteiger partial charge in [0.2, 0.25) is 5.91 Å². The predicted molar refractivity (Wildman–Crippen MR) is 132 cm³/mol. The van der Waals surface area contributed by atoms with Crippen LogP contribution < -0.4 is 5.32 Å². The van der Waals surface area contributed by atoms with Crippen LogP contribution >= 0.6 is 11.8 Å². The molecule has 196 valence electrons. The van der Waals surface area contributed by atoms with Crippen LogP contribution in [0.1, 0.15) is 79.1 Å². The van der Waals surface area contributed by atoms with Crippen molar-refractivity contribution in [1.82, 2.24) is 10.2 Å². The summed E-state index contributed by atoms with van der Waals surface area (Å²) in [6.45, 7) is 8.09. The summed E-state index contributed by atoms with van der Waals surface area (Å²) in [5.41, 5.74) is 0. The van der Waals surface area contributed by atoms with Crippen molar-refractivity contribution >= 4 is 35.6 Å². The third-order valence-electron chi connectivity index (χ3n) is 5.80. The maximum absolute atomic E-state index is 12.9. The van der Waals surface area contributed by atoms with E-state index >= 15 is 0 Å². The van der Waals surface area contributed by atoms with Gasteiger partial charge in [-0.2, -0.15) is 0 Å². The van der Waals surface area contributed by atoms with Crippen molar-refractivity contribution in [3.63, 3.8) is 0 Å². The number of amides is 1. The fraction of sp³-hybridized carbons (Fsp3) is 0.833. The molecule has 1 amide bonds. The molecular weight excluding hydrogens is 460 g/mol. The number of carboxylic acid groups (broad SMARTS) is 1. The van der Waals surface area contributed by atoms with Crippen molar-refractivity contribution in [2.24, 2.45) is 0 Å². The summed E-state index contributed by atoms with van der Waals surface area (Å²) in [4.78, 5) is 50.8. The summed E-state index contributed by atoms with van der Waals surface area (Å²) < 4.78 is 10.4. The standard InChI is InChI=1S/C24H42N2O7S/c1-5-8-9-10-11-14-20(24(31)33-7-3)34-16-18(23(30)32-6-2)25-17(4)21(27)26-15-12-13-19(26)22(28)29/h17-20,25H,5-16H2,1-4H3,(H,28,29)/t17?,18-,19-,20?/m0/s1. The second-order valence-electron chi connectivity index (χ2n) is 8.50. The van der Waals surface area contributed by atoms with E-state index in [2.05, 4.69) is 12.2 Å².